The van der Waals surface area contributed by atoms with Gasteiger partial charge in [-0.2, -0.15) is 16.7 Å². The van der Waals surface area contributed by atoms with Gasteiger partial charge in [-0.3, -0.25) is 4.79 Å². The summed E-state index contributed by atoms with van der Waals surface area (Å²) in [6.45, 7) is 10.3. The van der Waals surface area contributed by atoms with E-state index in [1.807, 2.05) is 17.9 Å². The predicted octanol–water partition coefficient (Wildman–Crippen LogP) is 4.15. The highest BCUT2D eigenvalue weighted by atomic mass is 32.2. The molecule has 168 valence electrons. The molecule has 1 aromatic carbocycles. The maximum Gasteiger partial charge on any atom is 0.223 e. The van der Waals surface area contributed by atoms with Gasteiger partial charge in [-0.15, -0.1) is 0 Å². The molecule has 1 fully saturated rings. The Morgan fingerprint density at radius 3 is 2.77 bits per heavy atom. The second-order valence-electron chi connectivity index (χ2n) is 8.29. The van der Waals surface area contributed by atoms with Crippen molar-refractivity contribution in [2.75, 3.05) is 32.1 Å². The van der Waals surface area contributed by atoms with Gasteiger partial charge in [0.2, 0.25) is 11.8 Å². The first-order chi connectivity index (χ1) is 14.9. The van der Waals surface area contributed by atoms with Gasteiger partial charge < -0.3 is 14.4 Å². The smallest absolute Gasteiger partial charge is 0.223 e. The van der Waals surface area contributed by atoms with Gasteiger partial charge in [-0.1, -0.05) is 43.7 Å². The third-order valence-electron chi connectivity index (χ3n) is 5.12. The molecule has 1 aromatic heterocycles. The van der Waals surface area contributed by atoms with E-state index in [0.717, 1.165) is 23.0 Å². The molecule has 6 nitrogen and oxygen atoms in total. The largest absolute Gasteiger partial charge is 0.475 e. The Kier molecular flexibility index (Phi) is 8.72. The normalized spacial score (nSPS) is 16.5. The Morgan fingerprint density at radius 1 is 1.26 bits per heavy atom. The number of aromatic nitrogens is 2. The standard InChI is InChI=1S/C24H33N3O3S/c1-17(2)24-25-19(4)13-22(26-24)30-15-21-14-27(10-11-29-21)23(28)9-12-31-16-20-7-5-18(3)6-8-20/h5-8,13,17,21H,9-12,14-16H2,1-4H3. The van der Waals surface area contributed by atoms with Gasteiger partial charge in [0.1, 0.15) is 18.5 Å². The maximum absolute atomic E-state index is 12.6. The highest BCUT2D eigenvalue weighted by Crippen LogP contribution is 2.18. The van der Waals surface area contributed by atoms with Crippen LogP contribution in [0.5, 0.6) is 5.88 Å². The van der Waals surface area contributed by atoms with E-state index >= 15 is 0 Å². The molecular weight excluding hydrogens is 410 g/mol. The summed E-state index contributed by atoms with van der Waals surface area (Å²) in [6, 6.07) is 10.4. The predicted molar refractivity (Wildman–Crippen MR) is 125 cm³/mol. The van der Waals surface area contributed by atoms with Crippen LogP contribution in [-0.4, -0.2) is 58.9 Å². The topological polar surface area (TPSA) is 64.6 Å². The minimum atomic E-state index is -0.143. The molecule has 3 rings (SSSR count). The minimum absolute atomic E-state index is 0.143. The summed E-state index contributed by atoms with van der Waals surface area (Å²) >= 11 is 1.80. The van der Waals surface area contributed by atoms with Gasteiger partial charge in [0.05, 0.1) is 13.2 Å². The molecule has 0 radical (unpaired) electrons. The number of thioether (sulfide) groups is 1. The second-order valence-corrected chi connectivity index (χ2v) is 9.40. The molecule has 1 atom stereocenters. The lowest BCUT2D eigenvalue weighted by molar-refractivity contribution is -0.139. The Hall–Kier alpha value is -2.12. The highest BCUT2D eigenvalue weighted by Gasteiger charge is 2.24. The van der Waals surface area contributed by atoms with E-state index in [0.29, 0.717) is 38.6 Å². The number of nitrogens with zero attached hydrogens (tertiary/aromatic N) is 3. The fourth-order valence-electron chi connectivity index (χ4n) is 3.31. The lowest BCUT2D eigenvalue weighted by atomic mass is 10.2. The number of amides is 1. The van der Waals surface area contributed by atoms with Gasteiger partial charge in [-0.05, 0) is 19.4 Å². The van der Waals surface area contributed by atoms with Crippen molar-refractivity contribution in [1.29, 1.82) is 0 Å². The monoisotopic (exact) mass is 443 g/mol. The minimum Gasteiger partial charge on any atom is -0.475 e. The van der Waals surface area contributed by atoms with Crippen molar-refractivity contribution in [1.82, 2.24) is 14.9 Å². The Morgan fingerprint density at radius 2 is 2.03 bits per heavy atom. The number of morpholine rings is 1. The third-order valence-corrected chi connectivity index (χ3v) is 6.15. The Labute approximate surface area is 189 Å². The van der Waals surface area contributed by atoms with Crippen LogP contribution in [0.25, 0.3) is 0 Å². The first-order valence-electron chi connectivity index (χ1n) is 10.9. The van der Waals surface area contributed by atoms with E-state index in [2.05, 4.69) is 55.0 Å². The van der Waals surface area contributed by atoms with Crippen molar-refractivity contribution in [2.45, 2.75) is 51.9 Å². The zero-order valence-corrected chi connectivity index (χ0v) is 19.8. The van der Waals surface area contributed by atoms with Gasteiger partial charge in [-0.25, -0.2) is 4.98 Å². The van der Waals surface area contributed by atoms with Gasteiger partial charge in [0, 0.05) is 42.1 Å². The van der Waals surface area contributed by atoms with Gasteiger partial charge in [0.15, 0.2) is 0 Å². The Bertz CT molecular complexity index is 858. The number of carbonyl (C=O) groups excluding carboxylic acids is 1. The van der Waals surface area contributed by atoms with E-state index < -0.39 is 0 Å². The molecule has 1 saturated heterocycles. The summed E-state index contributed by atoms with van der Waals surface area (Å²) in [6.07, 6.45) is 0.406. The molecule has 7 heteroatoms. The van der Waals surface area contributed by atoms with Crippen LogP contribution in [0.15, 0.2) is 30.3 Å². The van der Waals surface area contributed by atoms with Gasteiger partial charge in [0.25, 0.3) is 0 Å². The highest BCUT2D eigenvalue weighted by molar-refractivity contribution is 7.98. The molecule has 1 unspecified atom stereocenters. The number of rotatable bonds is 9. The van der Waals surface area contributed by atoms with Crippen LogP contribution in [0.2, 0.25) is 0 Å². The maximum atomic E-state index is 12.6. The van der Waals surface area contributed by atoms with E-state index in [-0.39, 0.29) is 17.9 Å². The van der Waals surface area contributed by atoms with Crippen LogP contribution in [0.3, 0.4) is 0 Å². The van der Waals surface area contributed by atoms with Crippen LogP contribution < -0.4 is 4.74 Å². The number of hydrogen-bond acceptors (Lipinski definition) is 6. The molecule has 2 aromatic rings. The van der Waals surface area contributed by atoms with E-state index in [9.17, 15) is 4.79 Å². The zero-order valence-electron chi connectivity index (χ0n) is 19.0. The molecule has 31 heavy (non-hydrogen) atoms. The molecule has 0 spiro atoms. The molecule has 2 heterocycles. The fourth-order valence-corrected chi connectivity index (χ4v) is 4.20. The molecule has 1 aliphatic rings. The van der Waals surface area contributed by atoms with E-state index in [4.69, 9.17) is 9.47 Å². The number of ether oxygens (including phenoxy) is 2. The van der Waals surface area contributed by atoms with E-state index in [1.54, 1.807) is 11.8 Å². The van der Waals surface area contributed by atoms with Crippen molar-refractivity contribution in [3.8, 4) is 5.88 Å². The van der Waals surface area contributed by atoms with Crippen molar-refractivity contribution in [3.05, 3.63) is 53.0 Å². The summed E-state index contributed by atoms with van der Waals surface area (Å²) < 4.78 is 11.7. The molecular formula is C24H33N3O3S. The van der Waals surface area contributed by atoms with E-state index in [1.165, 1.54) is 11.1 Å². The van der Waals surface area contributed by atoms with Crippen LogP contribution in [0.4, 0.5) is 0 Å². The lowest BCUT2D eigenvalue weighted by Gasteiger charge is -2.32. The third kappa shape index (κ3) is 7.51. The summed E-state index contributed by atoms with van der Waals surface area (Å²) in [5.41, 5.74) is 3.45. The first-order valence-corrected chi connectivity index (χ1v) is 12.1. The molecule has 0 saturated carbocycles. The van der Waals surface area contributed by atoms with Crippen molar-refractivity contribution >= 4 is 17.7 Å². The average Bonchev–Trinajstić information content (AvgIpc) is 2.76. The summed E-state index contributed by atoms with van der Waals surface area (Å²) in [7, 11) is 0. The second kappa shape index (κ2) is 11.5. The SMILES string of the molecule is Cc1ccc(CSCCC(=O)N2CCOC(COc3cc(C)nc(C(C)C)n3)C2)cc1. The molecule has 1 aliphatic heterocycles. The van der Waals surface area contributed by atoms with Crippen molar-refractivity contribution in [2.24, 2.45) is 0 Å². The first kappa shape index (κ1) is 23.5. The molecule has 1 amide bonds. The van der Waals surface area contributed by atoms with Crippen molar-refractivity contribution in [3.63, 3.8) is 0 Å². The lowest BCUT2D eigenvalue weighted by Crippen LogP contribution is -2.47. The van der Waals surface area contributed by atoms with Gasteiger partial charge >= 0.3 is 0 Å². The van der Waals surface area contributed by atoms with Crippen LogP contribution in [0, 0.1) is 13.8 Å². The number of aryl methyl sites for hydroxylation is 2. The fraction of sp³-hybridized carbons (Fsp3) is 0.542. The van der Waals surface area contributed by atoms with Crippen LogP contribution in [0.1, 0.15) is 48.8 Å². The number of benzene rings is 1. The molecule has 0 bridgehead atoms. The average molecular weight is 444 g/mol. The quantitative estimate of drug-likeness (QED) is 0.543. The van der Waals surface area contributed by atoms with Crippen molar-refractivity contribution < 1.29 is 14.3 Å². The molecule has 0 N–H and O–H groups in total. The van der Waals surface area contributed by atoms with Crippen LogP contribution >= 0.6 is 11.8 Å². The summed E-state index contributed by atoms with van der Waals surface area (Å²) in [5.74, 6) is 3.53. The summed E-state index contributed by atoms with van der Waals surface area (Å²) in [4.78, 5) is 23.5. The number of carbonyl (C=O) groups is 1. The zero-order chi connectivity index (χ0) is 22.2. The number of hydrogen-bond donors (Lipinski definition) is 0. The molecule has 0 aliphatic carbocycles. The Balaban J connectivity index is 1.41. The van der Waals surface area contributed by atoms with Crippen LogP contribution in [-0.2, 0) is 15.3 Å². The summed E-state index contributed by atoms with van der Waals surface area (Å²) in [5, 5.41) is 0.